The standard InChI is InChI=1S/C24H22N2O5.C6H15N.C2H6/c1-3-24(31-14(2)27)10-16-9-20-22-17(8-15-6-4-5-7-19(15)25-22)12-26(20)23(29)18(16)13-30-21(28)11-24;1-3-4-5-6-7-2;1-2/h4-9H,3,10-13H2,1-2H3;7H,3-6H2,1-2H3;1-2H3. The third-order valence-corrected chi connectivity index (χ3v) is 7.26. The minimum absolute atomic E-state index is 0.0413. The number of para-hydroxylation sites is 1. The zero-order valence-corrected chi connectivity index (χ0v) is 24.8. The van der Waals surface area contributed by atoms with Crippen LogP contribution in [0.3, 0.4) is 0 Å². The molecule has 2 aliphatic rings. The second kappa shape index (κ2) is 14.2. The Balaban J connectivity index is 0.000000430. The first-order valence-electron chi connectivity index (χ1n) is 14.4. The minimum Gasteiger partial charge on any atom is -0.460 e. The minimum atomic E-state index is -1.04. The van der Waals surface area contributed by atoms with Crippen LogP contribution in [0.1, 0.15) is 83.4 Å². The Morgan fingerprint density at radius 3 is 2.52 bits per heavy atom. The molecule has 1 N–H and O–H groups in total. The molecule has 0 saturated heterocycles. The van der Waals surface area contributed by atoms with Crippen molar-refractivity contribution in [1.29, 1.82) is 0 Å². The van der Waals surface area contributed by atoms with Crippen molar-refractivity contribution in [3.05, 3.63) is 63.4 Å². The number of carbonyl (C=O) groups excluding carboxylic acids is 2. The summed E-state index contributed by atoms with van der Waals surface area (Å²) in [6, 6.07) is 11.9. The molecular formula is C32H43N3O5. The second-order valence-corrected chi connectivity index (χ2v) is 10.1. The average Bonchev–Trinajstić information content (AvgIpc) is 3.29. The molecule has 0 spiro atoms. The number of pyridine rings is 2. The highest BCUT2D eigenvalue weighted by Gasteiger charge is 2.39. The van der Waals surface area contributed by atoms with E-state index in [0.717, 1.165) is 33.4 Å². The molecule has 1 atom stereocenters. The fraction of sp³-hybridized carbons (Fsp3) is 0.500. The predicted octanol–water partition coefficient (Wildman–Crippen LogP) is 5.55. The van der Waals surface area contributed by atoms with E-state index in [4.69, 9.17) is 14.5 Å². The third kappa shape index (κ3) is 6.97. The summed E-state index contributed by atoms with van der Waals surface area (Å²) >= 11 is 0. The lowest BCUT2D eigenvalue weighted by Gasteiger charge is -2.33. The quantitative estimate of drug-likeness (QED) is 0.249. The first-order valence-corrected chi connectivity index (χ1v) is 14.4. The van der Waals surface area contributed by atoms with Gasteiger partial charge in [-0.1, -0.05) is 58.7 Å². The number of cyclic esters (lactones) is 1. The van der Waals surface area contributed by atoms with Gasteiger partial charge in [-0.2, -0.15) is 0 Å². The van der Waals surface area contributed by atoms with Crippen LogP contribution in [0.5, 0.6) is 0 Å². The molecule has 3 aromatic rings. The van der Waals surface area contributed by atoms with Crippen LogP contribution in [0.15, 0.2) is 41.2 Å². The zero-order chi connectivity index (χ0) is 29.3. The van der Waals surface area contributed by atoms with E-state index in [1.165, 1.54) is 32.7 Å². The third-order valence-electron chi connectivity index (χ3n) is 7.26. The van der Waals surface area contributed by atoms with Gasteiger partial charge in [0.25, 0.3) is 5.56 Å². The molecule has 1 aromatic carbocycles. The number of hydrogen-bond acceptors (Lipinski definition) is 7. The van der Waals surface area contributed by atoms with Gasteiger partial charge in [0.1, 0.15) is 12.2 Å². The number of aromatic nitrogens is 2. The van der Waals surface area contributed by atoms with Crippen LogP contribution in [0.25, 0.3) is 22.3 Å². The van der Waals surface area contributed by atoms with Crippen molar-refractivity contribution in [1.82, 2.24) is 14.9 Å². The van der Waals surface area contributed by atoms with Crippen molar-refractivity contribution >= 4 is 22.8 Å². The fourth-order valence-electron chi connectivity index (χ4n) is 5.20. The van der Waals surface area contributed by atoms with Crippen LogP contribution in [0.2, 0.25) is 0 Å². The molecule has 8 nitrogen and oxygen atoms in total. The maximum Gasteiger partial charge on any atom is 0.310 e. The van der Waals surface area contributed by atoms with Gasteiger partial charge in [0.15, 0.2) is 0 Å². The number of esters is 2. The number of hydrogen-bond donors (Lipinski definition) is 1. The number of nitrogens with zero attached hydrogens (tertiary/aromatic N) is 2. The van der Waals surface area contributed by atoms with Gasteiger partial charge in [-0.3, -0.25) is 14.4 Å². The average molecular weight is 550 g/mol. The Labute approximate surface area is 237 Å². The summed E-state index contributed by atoms with van der Waals surface area (Å²) in [5.74, 6) is -0.942. The topological polar surface area (TPSA) is 99.5 Å². The van der Waals surface area contributed by atoms with E-state index in [0.29, 0.717) is 18.5 Å². The fourth-order valence-corrected chi connectivity index (χ4v) is 5.20. The molecule has 0 radical (unpaired) electrons. The number of ether oxygens (including phenoxy) is 2. The maximum absolute atomic E-state index is 13.4. The summed E-state index contributed by atoms with van der Waals surface area (Å²) in [5, 5.41) is 4.12. The summed E-state index contributed by atoms with van der Waals surface area (Å²) in [6.45, 7) is 10.9. The van der Waals surface area contributed by atoms with Crippen molar-refractivity contribution in [3.8, 4) is 11.4 Å². The summed E-state index contributed by atoms with van der Waals surface area (Å²) in [6.07, 6.45) is 4.68. The largest absolute Gasteiger partial charge is 0.460 e. The maximum atomic E-state index is 13.4. The molecule has 2 aromatic heterocycles. The summed E-state index contributed by atoms with van der Waals surface area (Å²) < 4.78 is 12.7. The van der Waals surface area contributed by atoms with E-state index in [1.54, 1.807) is 4.57 Å². The van der Waals surface area contributed by atoms with Gasteiger partial charge in [0, 0.05) is 24.3 Å². The smallest absolute Gasteiger partial charge is 0.310 e. The molecule has 40 heavy (non-hydrogen) atoms. The van der Waals surface area contributed by atoms with Gasteiger partial charge in [-0.05, 0) is 50.2 Å². The Hall–Kier alpha value is -3.52. The van der Waals surface area contributed by atoms with E-state index in [-0.39, 0.29) is 25.0 Å². The SMILES string of the molecule is CC.CCC1(OC(C)=O)CC(=O)OCc2c(cc3n(c2=O)Cc2cc4ccccc4nc2-3)C1.CCCCCNC. The zero-order valence-electron chi connectivity index (χ0n) is 24.8. The first-order chi connectivity index (χ1) is 19.3. The Morgan fingerprint density at radius 1 is 1.10 bits per heavy atom. The van der Waals surface area contributed by atoms with Crippen molar-refractivity contribution in [2.45, 2.75) is 91.9 Å². The lowest BCUT2D eigenvalue weighted by molar-refractivity contribution is -0.166. The lowest BCUT2D eigenvalue weighted by atomic mass is 9.86. The number of carbonyl (C=O) groups is 2. The Bertz CT molecular complexity index is 1390. The van der Waals surface area contributed by atoms with E-state index in [2.05, 4.69) is 18.3 Å². The molecule has 0 amide bonds. The Morgan fingerprint density at radius 2 is 1.85 bits per heavy atom. The van der Waals surface area contributed by atoms with Gasteiger partial charge in [0.2, 0.25) is 0 Å². The van der Waals surface area contributed by atoms with Crippen molar-refractivity contribution in [2.24, 2.45) is 0 Å². The highest BCUT2D eigenvalue weighted by molar-refractivity contribution is 5.84. The van der Waals surface area contributed by atoms with E-state index < -0.39 is 17.5 Å². The van der Waals surface area contributed by atoms with Crippen LogP contribution < -0.4 is 10.9 Å². The molecule has 0 aliphatic carbocycles. The van der Waals surface area contributed by atoms with Crippen molar-refractivity contribution in [3.63, 3.8) is 0 Å². The predicted molar refractivity (Wildman–Crippen MR) is 158 cm³/mol. The van der Waals surface area contributed by atoms with Gasteiger partial charge in [0.05, 0.1) is 35.4 Å². The normalized spacial score (nSPS) is 17.0. The van der Waals surface area contributed by atoms with Gasteiger partial charge < -0.3 is 19.4 Å². The number of fused-ring (bicyclic) bond motifs is 5. The summed E-state index contributed by atoms with van der Waals surface area (Å²) in [5.41, 5.74) is 3.29. The van der Waals surface area contributed by atoms with Gasteiger partial charge in [-0.25, -0.2) is 4.98 Å². The van der Waals surface area contributed by atoms with E-state index >= 15 is 0 Å². The number of unbranched alkanes of at least 4 members (excludes halogenated alkanes) is 2. The molecule has 216 valence electrons. The molecular weight excluding hydrogens is 506 g/mol. The summed E-state index contributed by atoms with van der Waals surface area (Å²) in [7, 11) is 2.00. The molecule has 0 saturated carbocycles. The number of benzene rings is 1. The molecule has 8 heteroatoms. The first kappa shape index (κ1) is 31.0. The monoisotopic (exact) mass is 549 g/mol. The van der Waals surface area contributed by atoms with E-state index in [1.807, 2.05) is 58.2 Å². The second-order valence-electron chi connectivity index (χ2n) is 10.1. The van der Waals surface area contributed by atoms with Gasteiger partial charge in [-0.15, -0.1) is 0 Å². The van der Waals surface area contributed by atoms with Crippen LogP contribution in [0, 0.1) is 0 Å². The molecule has 0 fully saturated rings. The van der Waals surface area contributed by atoms with Crippen LogP contribution in [-0.2, 0) is 38.6 Å². The summed E-state index contributed by atoms with van der Waals surface area (Å²) in [4.78, 5) is 42.3. The molecule has 1 unspecified atom stereocenters. The lowest BCUT2D eigenvalue weighted by Crippen LogP contribution is -2.42. The van der Waals surface area contributed by atoms with Crippen LogP contribution in [0.4, 0.5) is 0 Å². The van der Waals surface area contributed by atoms with E-state index in [9.17, 15) is 14.4 Å². The molecule has 2 aliphatic heterocycles. The van der Waals surface area contributed by atoms with Crippen molar-refractivity contribution in [2.75, 3.05) is 13.6 Å². The highest BCUT2D eigenvalue weighted by atomic mass is 16.6. The van der Waals surface area contributed by atoms with Crippen molar-refractivity contribution < 1.29 is 19.1 Å². The Kier molecular flexibility index (Phi) is 11.0. The molecule has 5 rings (SSSR count). The number of rotatable bonds is 6. The number of nitrogens with one attached hydrogen (secondary N) is 1. The van der Waals surface area contributed by atoms with Gasteiger partial charge >= 0.3 is 11.9 Å². The van der Waals surface area contributed by atoms with Crippen LogP contribution in [-0.4, -0.2) is 40.7 Å². The highest BCUT2D eigenvalue weighted by Crippen LogP contribution is 2.35. The molecule has 4 heterocycles. The molecule has 0 bridgehead atoms. The van der Waals surface area contributed by atoms with Crippen LogP contribution >= 0.6 is 0 Å².